The van der Waals surface area contributed by atoms with Gasteiger partial charge in [0.05, 0.1) is 12.7 Å². The molecule has 142 valence electrons. The Balaban J connectivity index is 2.64. The van der Waals surface area contributed by atoms with E-state index in [-0.39, 0.29) is 17.4 Å². The summed E-state index contributed by atoms with van der Waals surface area (Å²) in [6.45, 7) is 5.10. The second-order valence-electron chi connectivity index (χ2n) is 6.19. The molecule has 0 aliphatic rings. The number of carbonyl (C=O) groups excluding carboxylic acids is 3. The first-order valence-corrected chi connectivity index (χ1v) is 8.77. The Labute approximate surface area is 158 Å². The van der Waals surface area contributed by atoms with Crippen LogP contribution in [-0.4, -0.2) is 24.9 Å². The normalized spacial score (nSPS) is 10.2. The molecule has 0 bridgehead atoms. The van der Waals surface area contributed by atoms with E-state index in [1.54, 1.807) is 25.1 Å². The Morgan fingerprint density at radius 1 is 1.07 bits per heavy atom. The third kappa shape index (κ3) is 4.73. The van der Waals surface area contributed by atoms with Gasteiger partial charge in [0, 0.05) is 23.9 Å². The Hall–Kier alpha value is -3.15. The highest BCUT2D eigenvalue weighted by molar-refractivity contribution is 6.10. The third-order valence-corrected chi connectivity index (χ3v) is 4.17. The van der Waals surface area contributed by atoms with Crippen molar-refractivity contribution in [3.05, 3.63) is 58.7 Å². The lowest BCUT2D eigenvalue weighted by atomic mass is 9.91. The zero-order chi connectivity index (χ0) is 20.0. The van der Waals surface area contributed by atoms with Crippen molar-refractivity contribution in [2.45, 2.75) is 33.6 Å². The van der Waals surface area contributed by atoms with Crippen LogP contribution in [0.25, 0.3) is 0 Å². The molecule has 27 heavy (non-hydrogen) atoms. The average molecular weight is 368 g/mol. The molecular weight excluding hydrogens is 344 g/mol. The SMILES string of the molecule is CCCc1c(C(=O)OC)cc(NC(C)=O)c(C)c1C(=O)Nc1ccccc1. The van der Waals surface area contributed by atoms with Crippen LogP contribution >= 0.6 is 0 Å². The summed E-state index contributed by atoms with van der Waals surface area (Å²) in [5.74, 6) is -1.16. The molecule has 0 saturated heterocycles. The van der Waals surface area contributed by atoms with Crippen LogP contribution in [0.5, 0.6) is 0 Å². The van der Waals surface area contributed by atoms with Crippen LogP contribution in [0.4, 0.5) is 11.4 Å². The van der Waals surface area contributed by atoms with Gasteiger partial charge in [-0.25, -0.2) is 4.79 Å². The van der Waals surface area contributed by atoms with Crippen molar-refractivity contribution in [1.29, 1.82) is 0 Å². The first-order valence-electron chi connectivity index (χ1n) is 8.77. The van der Waals surface area contributed by atoms with Crippen LogP contribution < -0.4 is 10.6 Å². The first kappa shape index (κ1) is 20.2. The van der Waals surface area contributed by atoms with Gasteiger partial charge in [-0.2, -0.15) is 0 Å². The number of amides is 2. The van der Waals surface area contributed by atoms with Gasteiger partial charge in [0.2, 0.25) is 5.91 Å². The number of benzene rings is 2. The molecule has 0 spiro atoms. The van der Waals surface area contributed by atoms with Crippen molar-refractivity contribution < 1.29 is 19.1 Å². The van der Waals surface area contributed by atoms with Crippen LogP contribution in [-0.2, 0) is 16.0 Å². The highest BCUT2D eigenvalue weighted by atomic mass is 16.5. The molecule has 2 aromatic rings. The predicted octanol–water partition coefficient (Wildman–Crippen LogP) is 3.94. The van der Waals surface area contributed by atoms with Gasteiger partial charge in [-0.15, -0.1) is 0 Å². The van der Waals surface area contributed by atoms with E-state index in [9.17, 15) is 14.4 Å². The van der Waals surface area contributed by atoms with Gasteiger partial charge >= 0.3 is 5.97 Å². The molecule has 2 rings (SSSR count). The average Bonchev–Trinajstić information content (AvgIpc) is 2.64. The monoisotopic (exact) mass is 368 g/mol. The fourth-order valence-corrected chi connectivity index (χ4v) is 2.98. The number of esters is 1. The van der Waals surface area contributed by atoms with Crippen LogP contribution in [0.3, 0.4) is 0 Å². The number of methoxy groups -OCH3 is 1. The largest absolute Gasteiger partial charge is 0.465 e. The van der Waals surface area contributed by atoms with E-state index >= 15 is 0 Å². The molecule has 0 heterocycles. The predicted molar refractivity (Wildman–Crippen MR) is 105 cm³/mol. The van der Waals surface area contributed by atoms with Crippen LogP contribution in [0.2, 0.25) is 0 Å². The Bertz CT molecular complexity index is 860. The maximum absolute atomic E-state index is 13.1. The van der Waals surface area contributed by atoms with Gasteiger partial charge in [-0.3, -0.25) is 9.59 Å². The summed E-state index contributed by atoms with van der Waals surface area (Å²) in [6, 6.07) is 10.6. The maximum Gasteiger partial charge on any atom is 0.338 e. The van der Waals surface area contributed by atoms with Crippen molar-refractivity contribution in [3.63, 3.8) is 0 Å². The zero-order valence-electron chi connectivity index (χ0n) is 16.0. The highest BCUT2D eigenvalue weighted by Gasteiger charge is 2.24. The fourth-order valence-electron chi connectivity index (χ4n) is 2.98. The lowest BCUT2D eigenvalue weighted by Gasteiger charge is -2.19. The molecule has 2 amide bonds. The lowest BCUT2D eigenvalue weighted by Crippen LogP contribution is -2.21. The van der Waals surface area contributed by atoms with Crippen molar-refractivity contribution in [3.8, 4) is 0 Å². The van der Waals surface area contributed by atoms with Crippen LogP contribution in [0.15, 0.2) is 36.4 Å². The zero-order valence-corrected chi connectivity index (χ0v) is 16.0. The lowest BCUT2D eigenvalue weighted by molar-refractivity contribution is -0.114. The molecule has 0 saturated carbocycles. The molecule has 6 nitrogen and oxygen atoms in total. The molecule has 0 unspecified atom stereocenters. The van der Waals surface area contributed by atoms with E-state index in [1.165, 1.54) is 14.0 Å². The molecule has 0 aromatic heterocycles. The van der Waals surface area contributed by atoms with Crippen molar-refractivity contribution in [1.82, 2.24) is 0 Å². The third-order valence-electron chi connectivity index (χ3n) is 4.17. The Kier molecular flexibility index (Phi) is 6.71. The Morgan fingerprint density at radius 2 is 1.74 bits per heavy atom. The number of para-hydroxylation sites is 1. The first-order chi connectivity index (χ1) is 12.9. The summed E-state index contributed by atoms with van der Waals surface area (Å²) in [5, 5.41) is 5.55. The molecule has 0 fully saturated rings. The number of ether oxygens (including phenoxy) is 1. The minimum Gasteiger partial charge on any atom is -0.465 e. The van der Waals surface area contributed by atoms with Crippen LogP contribution in [0.1, 0.15) is 52.1 Å². The minimum atomic E-state index is -0.543. The van der Waals surface area contributed by atoms with Gasteiger partial charge in [-0.05, 0) is 42.7 Å². The number of rotatable bonds is 6. The summed E-state index contributed by atoms with van der Waals surface area (Å²) in [5.41, 5.74) is 2.95. The molecular formula is C21H24N2O4. The van der Waals surface area contributed by atoms with E-state index < -0.39 is 5.97 Å². The number of nitrogens with one attached hydrogen (secondary N) is 2. The number of carbonyl (C=O) groups is 3. The number of hydrogen-bond donors (Lipinski definition) is 2. The quantitative estimate of drug-likeness (QED) is 0.756. The summed E-state index contributed by atoms with van der Waals surface area (Å²) >= 11 is 0. The molecule has 0 atom stereocenters. The second kappa shape index (κ2) is 8.98. The molecule has 2 aromatic carbocycles. The highest BCUT2D eigenvalue weighted by Crippen LogP contribution is 2.29. The fraction of sp³-hybridized carbons (Fsp3) is 0.286. The molecule has 0 aliphatic carbocycles. The maximum atomic E-state index is 13.1. The summed E-state index contributed by atoms with van der Waals surface area (Å²) in [6.07, 6.45) is 1.28. The topological polar surface area (TPSA) is 84.5 Å². The Morgan fingerprint density at radius 3 is 2.30 bits per heavy atom. The van der Waals surface area contributed by atoms with Gasteiger partial charge in [0.15, 0.2) is 0 Å². The van der Waals surface area contributed by atoms with Gasteiger partial charge in [0.25, 0.3) is 5.91 Å². The summed E-state index contributed by atoms with van der Waals surface area (Å²) in [7, 11) is 1.29. The van der Waals surface area contributed by atoms with Crippen molar-refractivity contribution in [2.75, 3.05) is 17.7 Å². The molecule has 0 radical (unpaired) electrons. The molecule has 2 N–H and O–H groups in total. The smallest absolute Gasteiger partial charge is 0.338 e. The summed E-state index contributed by atoms with van der Waals surface area (Å²) < 4.78 is 4.89. The van der Waals surface area contributed by atoms with Crippen molar-refractivity contribution in [2.24, 2.45) is 0 Å². The van der Waals surface area contributed by atoms with E-state index in [4.69, 9.17) is 4.74 Å². The van der Waals surface area contributed by atoms with E-state index in [0.717, 1.165) is 6.42 Å². The number of anilines is 2. The van der Waals surface area contributed by atoms with E-state index in [2.05, 4.69) is 10.6 Å². The standard InChI is InChI=1S/C21H24N2O4/c1-5-9-16-17(21(26)27-4)12-18(22-14(3)24)13(2)19(16)20(25)23-15-10-7-6-8-11-15/h6-8,10-12H,5,9H2,1-4H3,(H,22,24)(H,23,25). The van der Waals surface area contributed by atoms with E-state index in [0.29, 0.717) is 34.5 Å². The molecule has 0 aliphatic heterocycles. The van der Waals surface area contributed by atoms with Crippen LogP contribution in [0, 0.1) is 6.92 Å². The van der Waals surface area contributed by atoms with Gasteiger partial charge in [-0.1, -0.05) is 31.5 Å². The number of hydrogen-bond acceptors (Lipinski definition) is 4. The summed E-state index contributed by atoms with van der Waals surface area (Å²) in [4.78, 5) is 37.0. The van der Waals surface area contributed by atoms with Gasteiger partial charge in [0.1, 0.15) is 0 Å². The van der Waals surface area contributed by atoms with Crippen molar-refractivity contribution >= 4 is 29.2 Å². The van der Waals surface area contributed by atoms with Gasteiger partial charge < -0.3 is 15.4 Å². The second-order valence-corrected chi connectivity index (χ2v) is 6.19. The molecule has 6 heteroatoms. The van der Waals surface area contributed by atoms with E-state index in [1.807, 2.05) is 25.1 Å². The minimum absolute atomic E-state index is 0.284.